The number of nitrogens with one attached hydrogen (secondary N) is 1. The van der Waals surface area contributed by atoms with Crippen LogP contribution in [-0.2, 0) is 0 Å². The lowest BCUT2D eigenvalue weighted by molar-refractivity contribution is 0.365. The quantitative estimate of drug-likeness (QED) is 0.823. The van der Waals surface area contributed by atoms with Crippen LogP contribution >= 0.6 is 0 Å². The topological polar surface area (TPSA) is 45.0 Å². The Morgan fingerprint density at radius 3 is 2.87 bits per heavy atom. The van der Waals surface area contributed by atoms with E-state index >= 15 is 0 Å². The molecule has 1 aromatic carbocycles. The summed E-state index contributed by atoms with van der Waals surface area (Å²) in [4.78, 5) is 0. The minimum Gasteiger partial charge on any atom is -0.479 e. The minimum absolute atomic E-state index is 0.0463. The summed E-state index contributed by atoms with van der Waals surface area (Å²) in [6, 6.07) is 6.39. The van der Waals surface area contributed by atoms with Gasteiger partial charge in [-0.25, -0.2) is 4.39 Å². The molecule has 0 spiro atoms. The summed E-state index contributed by atoms with van der Waals surface area (Å²) >= 11 is 0. The van der Waals surface area contributed by atoms with Gasteiger partial charge in [-0.15, -0.1) is 0 Å². The molecule has 0 heterocycles. The molecule has 0 amide bonds. The molecule has 1 unspecified atom stereocenters. The largest absolute Gasteiger partial charge is 0.479 e. The summed E-state index contributed by atoms with van der Waals surface area (Å²) in [7, 11) is 1.77. The minimum atomic E-state index is -0.327. The van der Waals surface area contributed by atoms with Crippen LogP contribution in [0.4, 0.5) is 4.39 Å². The molecule has 0 aliphatic rings. The van der Waals surface area contributed by atoms with Crippen LogP contribution in [0.2, 0.25) is 0 Å². The Morgan fingerprint density at radius 2 is 2.33 bits per heavy atom. The molecule has 0 fully saturated rings. The van der Waals surface area contributed by atoms with E-state index in [4.69, 9.17) is 10.00 Å². The van der Waals surface area contributed by atoms with Crippen molar-refractivity contribution >= 4 is 0 Å². The van der Waals surface area contributed by atoms with Crippen molar-refractivity contribution in [2.45, 2.75) is 13.0 Å². The number of hydrogen-bond acceptors (Lipinski definition) is 3. The van der Waals surface area contributed by atoms with Crippen LogP contribution in [0.5, 0.6) is 5.75 Å². The SMILES string of the molecule is CNC(C)c1ccc(OCC#N)cc1F. The number of hydrogen-bond donors (Lipinski definition) is 1. The fraction of sp³-hybridized carbons (Fsp3) is 0.364. The van der Waals surface area contributed by atoms with Crippen molar-refractivity contribution in [3.8, 4) is 11.8 Å². The number of benzene rings is 1. The normalized spacial score (nSPS) is 11.9. The van der Waals surface area contributed by atoms with Gasteiger partial charge in [-0.3, -0.25) is 0 Å². The third-order valence-electron chi connectivity index (χ3n) is 2.17. The number of nitriles is 1. The lowest BCUT2D eigenvalue weighted by atomic mass is 10.1. The van der Waals surface area contributed by atoms with Crippen LogP contribution in [0.1, 0.15) is 18.5 Å². The highest BCUT2D eigenvalue weighted by molar-refractivity contribution is 5.30. The number of ether oxygens (including phenoxy) is 1. The molecule has 0 bridgehead atoms. The van der Waals surface area contributed by atoms with Crippen LogP contribution in [0, 0.1) is 17.1 Å². The van der Waals surface area contributed by atoms with Crippen LogP contribution in [0.3, 0.4) is 0 Å². The maximum Gasteiger partial charge on any atom is 0.174 e. The molecule has 3 nitrogen and oxygen atoms in total. The standard InChI is InChI=1S/C11H13FN2O/c1-8(14-2)10-4-3-9(7-11(10)12)15-6-5-13/h3-4,7-8,14H,6H2,1-2H3. The molecular weight excluding hydrogens is 195 g/mol. The second kappa shape index (κ2) is 5.32. The van der Waals surface area contributed by atoms with Gasteiger partial charge in [0.2, 0.25) is 0 Å². The predicted molar refractivity (Wildman–Crippen MR) is 55.0 cm³/mol. The smallest absolute Gasteiger partial charge is 0.174 e. The van der Waals surface area contributed by atoms with Gasteiger partial charge in [0.05, 0.1) is 0 Å². The van der Waals surface area contributed by atoms with Crippen molar-refractivity contribution in [2.24, 2.45) is 0 Å². The lowest BCUT2D eigenvalue weighted by Gasteiger charge is -2.12. The average molecular weight is 208 g/mol. The highest BCUT2D eigenvalue weighted by atomic mass is 19.1. The Kier molecular flexibility index (Phi) is 4.07. The molecule has 1 rings (SSSR count). The first-order chi connectivity index (χ1) is 7.19. The molecule has 15 heavy (non-hydrogen) atoms. The summed E-state index contributed by atoms with van der Waals surface area (Å²) in [5.41, 5.74) is 0.585. The summed E-state index contributed by atoms with van der Waals surface area (Å²) in [6.45, 7) is 1.80. The van der Waals surface area contributed by atoms with Gasteiger partial charge in [-0.2, -0.15) is 5.26 Å². The van der Waals surface area contributed by atoms with Crippen molar-refractivity contribution in [3.05, 3.63) is 29.6 Å². The van der Waals surface area contributed by atoms with Crippen molar-refractivity contribution < 1.29 is 9.13 Å². The average Bonchev–Trinajstić information content (AvgIpc) is 2.25. The van der Waals surface area contributed by atoms with Crippen LogP contribution in [0.25, 0.3) is 0 Å². The number of halogens is 1. The second-order valence-corrected chi connectivity index (χ2v) is 3.14. The Labute approximate surface area is 88.5 Å². The van der Waals surface area contributed by atoms with E-state index in [0.717, 1.165) is 0 Å². The molecule has 80 valence electrons. The predicted octanol–water partition coefficient (Wildman–Crippen LogP) is 2.01. The zero-order valence-electron chi connectivity index (χ0n) is 8.75. The van der Waals surface area contributed by atoms with Gasteiger partial charge in [0.25, 0.3) is 0 Å². The van der Waals surface area contributed by atoms with E-state index in [1.807, 2.05) is 13.0 Å². The molecule has 1 N–H and O–H groups in total. The lowest BCUT2D eigenvalue weighted by Crippen LogP contribution is -2.13. The van der Waals surface area contributed by atoms with Gasteiger partial charge in [0, 0.05) is 17.7 Å². The first kappa shape index (κ1) is 11.5. The van der Waals surface area contributed by atoms with Crippen LogP contribution in [0.15, 0.2) is 18.2 Å². The van der Waals surface area contributed by atoms with E-state index in [1.54, 1.807) is 19.2 Å². The van der Waals surface area contributed by atoms with Gasteiger partial charge in [-0.05, 0) is 20.0 Å². The molecule has 0 aliphatic heterocycles. The summed E-state index contributed by atoms with van der Waals surface area (Å²) in [6.07, 6.45) is 0. The monoisotopic (exact) mass is 208 g/mol. The summed E-state index contributed by atoms with van der Waals surface area (Å²) < 4.78 is 18.5. The highest BCUT2D eigenvalue weighted by Gasteiger charge is 2.09. The van der Waals surface area contributed by atoms with Gasteiger partial charge >= 0.3 is 0 Å². The molecule has 0 saturated carbocycles. The van der Waals surface area contributed by atoms with E-state index in [-0.39, 0.29) is 18.5 Å². The first-order valence-electron chi connectivity index (χ1n) is 4.65. The molecule has 0 aromatic heterocycles. The van der Waals surface area contributed by atoms with Gasteiger partial charge in [-0.1, -0.05) is 6.07 Å². The van der Waals surface area contributed by atoms with E-state index in [9.17, 15) is 4.39 Å². The second-order valence-electron chi connectivity index (χ2n) is 3.14. The summed E-state index contributed by atoms with van der Waals surface area (Å²) in [5, 5.41) is 11.3. The Balaban J connectivity index is 2.84. The Hall–Kier alpha value is -1.60. The Morgan fingerprint density at radius 1 is 1.60 bits per heavy atom. The molecule has 0 saturated heterocycles. The molecule has 4 heteroatoms. The Bertz CT molecular complexity index is 373. The fourth-order valence-electron chi connectivity index (χ4n) is 1.22. The third-order valence-corrected chi connectivity index (χ3v) is 2.17. The van der Waals surface area contributed by atoms with Crippen LogP contribution < -0.4 is 10.1 Å². The molecule has 0 radical (unpaired) electrons. The first-order valence-corrected chi connectivity index (χ1v) is 4.65. The van der Waals surface area contributed by atoms with Gasteiger partial charge in [0.15, 0.2) is 6.61 Å². The van der Waals surface area contributed by atoms with E-state index in [2.05, 4.69) is 5.32 Å². The fourth-order valence-corrected chi connectivity index (χ4v) is 1.22. The number of rotatable bonds is 4. The molecule has 1 atom stereocenters. The molecule has 0 aliphatic carbocycles. The van der Waals surface area contributed by atoms with Crippen LogP contribution in [-0.4, -0.2) is 13.7 Å². The van der Waals surface area contributed by atoms with E-state index in [0.29, 0.717) is 11.3 Å². The zero-order valence-corrected chi connectivity index (χ0v) is 8.75. The maximum atomic E-state index is 13.5. The van der Waals surface area contributed by atoms with Crippen molar-refractivity contribution in [1.29, 1.82) is 5.26 Å². The van der Waals surface area contributed by atoms with Crippen molar-refractivity contribution in [1.82, 2.24) is 5.32 Å². The third kappa shape index (κ3) is 2.93. The highest BCUT2D eigenvalue weighted by Crippen LogP contribution is 2.21. The molecular formula is C11H13FN2O. The van der Waals surface area contributed by atoms with E-state index < -0.39 is 0 Å². The van der Waals surface area contributed by atoms with Crippen molar-refractivity contribution in [3.63, 3.8) is 0 Å². The van der Waals surface area contributed by atoms with Gasteiger partial charge < -0.3 is 10.1 Å². The zero-order chi connectivity index (χ0) is 11.3. The maximum absolute atomic E-state index is 13.5. The summed E-state index contributed by atoms with van der Waals surface area (Å²) in [5.74, 6) is 0.0494. The van der Waals surface area contributed by atoms with Gasteiger partial charge in [0.1, 0.15) is 17.6 Å². The molecule has 1 aromatic rings. The van der Waals surface area contributed by atoms with E-state index in [1.165, 1.54) is 6.07 Å². The number of nitrogens with zero attached hydrogens (tertiary/aromatic N) is 1. The van der Waals surface area contributed by atoms with Crippen molar-refractivity contribution in [2.75, 3.05) is 13.7 Å².